The first-order valence-electron chi connectivity index (χ1n) is 5.30. The Bertz CT molecular complexity index is 523. The van der Waals surface area contributed by atoms with Crippen LogP contribution in [0.4, 0.5) is 0 Å². The summed E-state index contributed by atoms with van der Waals surface area (Å²) >= 11 is 5.91. The molecular formula is C14H12ClNO. The summed E-state index contributed by atoms with van der Waals surface area (Å²) in [5, 5.41) is 13.1. The molecule has 0 radical (unpaired) electrons. The van der Waals surface area contributed by atoms with Crippen molar-refractivity contribution in [3.05, 3.63) is 70.7 Å². The van der Waals surface area contributed by atoms with Crippen LogP contribution in [0.25, 0.3) is 0 Å². The molecule has 2 rings (SSSR count). The van der Waals surface area contributed by atoms with Crippen molar-refractivity contribution < 1.29 is 5.21 Å². The maximum absolute atomic E-state index is 9.08. The molecule has 2 nitrogen and oxygen atoms in total. The van der Waals surface area contributed by atoms with Crippen molar-refractivity contribution >= 4 is 17.3 Å². The van der Waals surface area contributed by atoms with Gasteiger partial charge in [-0.1, -0.05) is 59.2 Å². The molecule has 0 bridgehead atoms. The number of oxime groups is 1. The van der Waals surface area contributed by atoms with Crippen molar-refractivity contribution in [1.29, 1.82) is 0 Å². The van der Waals surface area contributed by atoms with Crippen LogP contribution in [0.2, 0.25) is 5.02 Å². The highest BCUT2D eigenvalue weighted by Gasteiger charge is 2.06. The smallest absolute Gasteiger partial charge is 0.0912 e. The lowest BCUT2D eigenvalue weighted by Gasteiger charge is -2.05. The Morgan fingerprint density at radius 2 is 1.82 bits per heavy atom. The fourth-order valence-electron chi connectivity index (χ4n) is 1.65. The van der Waals surface area contributed by atoms with Gasteiger partial charge in [0.15, 0.2) is 0 Å². The normalized spacial score (nSPS) is 11.5. The van der Waals surface area contributed by atoms with Crippen molar-refractivity contribution in [1.82, 2.24) is 0 Å². The lowest BCUT2D eigenvalue weighted by atomic mass is 10.0. The lowest BCUT2D eigenvalue weighted by molar-refractivity contribution is 0.318. The van der Waals surface area contributed by atoms with Gasteiger partial charge < -0.3 is 5.21 Å². The molecule has 0 aliphatic carbocycles. The maximum atomic E-state index is 9.08. The third-order valence-corrected chi connectivity index (χ3v) is 2.73. The minimum Gasteiger partial charge on any atom is -0.411 e. The summed E-state index contributed by atoms with van der Waals surface area (Å²) in [6, 6.07) is 17.2. The van der Waals surface area contributed by atoms with Gasteiger partial charge in [0.1, 0.15) is 0 Å². The molecule has 2 aromatic carbocycles. The minimum atomic E-state index is 0.581. The van der Waals surface area contributed by atoms with Crippen LogP contribution in [-0.2, 0) is 6.42 Å². The Morgan fingerprint density at radius 3 is 2.47 bits per heavy atom. The fraction of sp³-hybridized carbons (Fsp3) is 0.0714. The van der Waals surface area contributed by atoms with E-state index in [9.17, 15) is 0 Å². The van der Waals surface area contributed by atoms with Gasteiger partial charge in [-0.25, -0.2) is 0 Å². The molecule has 0 saturated heterocycles. The van der Waals surface area contributed by atoms with E-state index < -0.39 is 0 Å². The largest absolute Gasteiger partial charge is 0.411 e. The van der Waals surface area contributed by atoms with Crippen molar-refractivity contribution in [3.8, 4) is 0 Å². The van der Waals surface area contributed by atoms with Crippen LogP contribution in [0.15, 0.2) is 59.8 Å². The van der Waals surface area contributed by atoms with Crippen LogP contribution in [0, 0.1) is 0 Å². The predicted molar refractivity (Wildman–Crippen MR) is 69.9 cm³/mol. The van der Waals surface area contributed by atoms with Crippen LogP contribution in [0.3, 0.4) is 0 Å². The van der Waals surface area contributed by atoms with Crippen LogP contribution in [-0.4, -0.2) is 10.9 Å². The first-order chi connectivity index (χ1) is 8.29. The summed E-state index contributed by atoms with van der Waals surface area (Å²) in [5.41, 5.74) is 2.54. The third-order valence-electron chi connectivity index (χ3n) is 2.49. The van der Waals surface area contributed by atoms with E-state index in [4.69, 9.17) is 16.8 Å². The van der Waals surface area contributed by atoms with Crippen molar-refractivity contribution in [2.75, 3.05) is 0 Å². The standard InChI is InChI=1S/C14H12ClNO/c15-13-8-4-7-12(10-13)14(16-17)9-11-5-2-1-3-6-11/h1-8,10,17H,9H2/b16-14+. The van der Waals surface area contributed by atoms with E-state index in [1.165, 1.54) is 0 Å². The number of benzene rings is 2. The van der Waals surface area contributed by atoms with E-state index in [0.717, 1.165) is 11.1 Å². The first-order valence-corrected chi connectivity index (χ1v) is 5.68. The number of rotatable bonds is 3. The number of hydrogen-bond acceptors (Lipinski definition) is 2. The Morgan fingerprint density at radius 1 is 1.06 bits per heavy atom. The second-order valence-corrected chi connectivity index (χ2v) is 4.16. The van der Waals surface area contributed by atoms with E-state index in [-0.39, 0.29) is 0 Å². The van der Waals surface area contributed by atoms with Crippen molar-refractivity contribution in [3.63, 3.8) is 0 Å². The molecule has 0 fully saturated rings. The Hall–Kier alpha value is -1.80. The zero-order chi connectivity index (χ0) is 12.1. The van der Waals surface area contributed by atoms with Crippen molar-refractivity contribution in [2.24, 2.45) is 5.16 Å². The summed E-state index contributed by atoms with van der Waals surface area (Å²) in [5.74, 6) is 0. The van der Waals surface area contributed by atoms with E-state index in [1.54, 1.807) is 12.1 Å². The van der Waals surface area contributed by atoms with Gasteiger partial charge in [0, 0.05) is 17.0 Å². The van der Waals surface area contributed by atoms with Gasteiger partial charge >= 0.3 is 0 Å². The van der Waals surface area contributed by atoms with Crippen LogP contribution < -0.4 is 0 Å². The molecule has 1 N–H and O–H groups in total. The highest BCUT2D eigenvalue weighted by Crippen LogP contribution is 2.14. The zero-order valence-electron chi connectivity index (χ0n) is 9.18. The Balaban J connectivity index is 2.24. The van der Waals surface area contributed by atoms with Crippen LogP contribution in [0.1, 0.15) is 11.1 Å². The highest BCUT2D eigenvalue weighted by atomic mass is 35.5. The molecule has 2 aromatic rings. The monoisotopic (exact) mass is 245 g/mol. The first kappa shape index (κ1) is 11.7. The Labute approximate surface area is 105 Å². The SMILES string of the molecule is O/N=C(\Cc1ccccc1)c1cccc(Cl)c1. The average Bonchev–Trinajstić information content (AvgIpc) is 2.37. The summed E-state index contributed by atoms with van der Waals surface area (Å²) in [7, 11) is 0. The van der Waals surface area contributed by atoms with Gasteiger partial charge in [-0.2, -0.15) is 0 Å². The van der Waals surface area contributed by atoms with Gasteiger partial charge in [-0.05, 0) is 17.7 Å². The van der Waals surface area contributed by atoms with E-state index in [0.29, 0.717) is 17.2 Å². The summed E-state index contributed by atoms with van der Waals surface area (Å²) < 4.78 is 0. The van der Waals surface area contributed by atoms with Crippen LogP contribution in [0.5, 0.6) is 0 Å². The molecule has 0 saturated carbocycles. The lowest BCUT2D eigenvalue weighted by Crippen LogP contribution is -2.05. The average molecular weight is 246 g/mol. The van der Waals surface area contributed by atoms with Gasteiger partial charge in [0.2, 0.25) is 0 Å². The van der Waals surface area contributed by atoms with E-state index in [2.05, 4.69) is 5.16 Å². The topological polar surface area (TPSA) is 32.6 Å². The van der Waals surface area contributed by atoms with Crippen molar-refractivity contribution in [2.45, 2.75) is 6.42 Å². The summed E-state index contributed by atoms with van der Waals surface area (Å²) in [4.78, 5) is 0. The Kier molecular flexibility index (Phi) is 3.78. The number of nitrogens with zero attached hydrogens (tertiary/aromatic N) is 1. The maximum Gasteiger partial charge on any atom is 0.0912 e. The molecular weight excluding hydrogens is 234 g/mol. The number of halogens is 1. The summed E-state index contributed by atoms with van der Waals surface area (Å²) in [6.07, 6.45) is 0.581. The third kappa shape index (κ3) is 3.08. The molecule has 0 atom stereocenters. The molecule has 86 valence electrons. The number of hydrogen-bond donors (Lipinski definition) is 1. The molecule has 0 spiro atoms. The second kappa shape index (κ2) is 5.51. The molecule has 0 aliphatic heterocycles. The zero-order valence-corrected chi connectivity index (χ0v) is 9.93. The van der Waals surface area contributed by atoms with Crippen LogP contribution >= 0.6 is 11.6 Å². The minimum absolute atomic E-state index is 0.581. The van der Waals surface area contributed by atoms with Gasteiger partial charge in [-0.15, -0.1) is 0 Å². The molecule has 17 heavy (non-hydrogen) atoms. The molecule has 0 aliphatic rings. The second-order valence-electron chi connectivity index (χ2n) is 3.72. The quantitative estimate of drug-likeness (QED) is 0.498. The molecule has 0 heterocycles. The molecule has 0 amide bonds. The molecule has 3 heteroatoms. The van der Waals surface area contributed by atoms with E-state index in [1.807, 2.05) is 42.5 Å². The molecule has 0 unspecified atom stereocenters. The summed E-state index contributed by atoms with van der Waals surface area (Å²) in [6.45, 7) is 0. The fourth-order valence-corrected chi connectivity index (χ4v) is 1.84. The molecule has 0 aromatic heterocycles. The predicted octanol–water partition coefficient (Wildman–Crippen LogP) is 3.76. The highest BCUT2D eigenvalue weighted by molar-refractivity contribution is 6.31. The van der Waals surface area contributed by atoms with E-state index >= 15 is 0 Å². The van der Waals surface area contributed by atoms with Gasteiger partial charge in [-0.3, -0.25) is 0 Å². The van der Waals surface area contributed by atoms with Gasteiger partial charge in [0.25, 0.3) is 0 Å². The van der Waals surface area contributed by atoms with Gasteiger partial charge in [0.05, 0.1) is 5.71 Å².